The van der Waals surface area contributed by atoms with Crippen molar-refractivity contribution < 1.29 is 27.5 Å². The van der Waals surface area contributed by atoms with E-state index in [2.05, 4.69) is 5.32 Å². The number of nitrogens with zero attached hydrogens (tertiary/aromatic N) is 2. The maximum Gasteiger partial charge on any atom is 0.244 e. The summed E-state index contributed by atoms with van der Waals surface area (Å²) in [6.45, 7) is 5.49. The number of nitrogens with one attached hydrogen (secondary N) is 1. The van der Waals surface area contributed by atoms with Gasteiger partial charge in [0.25, 0.3) is 0 Å². The molecule has 2 aromatic rings. The van der Waals surface area contributed by atoms with Gasteiger partial charge in [0.1, 0.15) is 24.1 Å². The van der Waals surface area contributed by atoms with Gasteiger partial charge in [0.05, 0.1) is 26.2 Å². The average Bonchev–Trinajstić information content (AvgIpc) is 2.83. The number of carbonyl (C=O) groups excluding carboxylic acids is 2. The topological polar surface area (TPSA) is 105 Å². The highest BCUT2D eigenvalue weighted by Crippen LogP contribution is 2.31. The molecule has 0 bridgehead atoms. The number of anilines is 1. The van der Waals surface area contributed by atoms with Gasteiger partial charge in [0.2, 0.25) is 21.8 Å². The van der Waals surface area contributed by atoms with Crippen LogP contribution in [0.4, 0.5) is 5.69 Å². The van der Waals surface area contributed by atoms with Gasteiger partial charge in [-0.3, -0.25) is 13.9 Å². The first-order chi connectivity index (χ1) is 16.5. The Balaban J connectivity index is 2.43. The predicted molar refractivity (Wildman–Crippen MR) is 136 cm³/mol. The largest absolute Gasteiger partial charge is 0.497 e. The average molecular weight is 506 g/mol. The van der Waals surface area contributed by atoms with Crippen LogP contribution in [0.3, 0.4) is 0 Å². The molecular weight excluding hydrogens is 470 g/mol. The molecule has 0 saturated heterocycles. The van der Waals surface area contributed by atoms with E-state index in [9.17, 15) is 18.0 Å². The van der Waals surface area contributed by atoms with Crippen LogP contribution in [0.5, 0.6) is 11.5 Å². The van der Waals surface area contributed by atoms with Gasteiger partial charge in [-0.2, -0.15) is 0 Å². The van der Waals surface area contributed by atoms with Gasteiger partial charge in [-0.25, -0.2) is 8.42 Å². The van der Waals surface area contributed by atoms with Gasteiger partial charge < -0.3 is 19.7 Å². The van der Waals surface area contributed by atoms with Gasteiger partial charge in [-0.05, 0) is 55.7 Å². The van der Waals surface area contributed by atoms with E-state index in [0.717, 1.165) is 28.1 Å². The Kier molecular flexibility index (Phi) is 9.94. The van der Waals surface area contributed by atoms with Crippen LogP contribution < -0.4 is 19.1 Å². The van der Waals surface area contributed by atoms with Crippen molar-refractivity contribution in [3.8, 4) is 11.5 Å². The van der Waals surface area contributed by atoms with Crippen LogP contribution in [-0.4, -0.2) is 64.7 Å². The zero-order valence-electron chi connectivity index (χ0n) is 21.2. The predicted octanol–water partition coefficient (Wildman–Crippen LogP) is 2.72. The van der Waals surface area contributed by atoms with Crippen molar-refractivity contribution in [3.05, 3.63) is 53.6 Å². The first-order valence-corrected chi connectivity index (χ1v) is 13.2. The minimum absolute atomic E-state index is 0.117. The van der Waals surface area contributed by atoms with E-state index in [1.165, 1.54) is 12.0 Å². The Morgan fingerprint density at radius 3 is 2.26 bits per heavy atom. The van der Waals surface area contributed by atoms with Crippen molar-refractivity contribution in [2.24, 2.45) is 0 Å². The van der Waals surface area contributed by atoms with Gasteiger partial charge in [-0.1, -0.05) is 25.1 Å². The fourth-order valence-corrected chi connectivity index (χ4v) is 4.34. The third-order valence-electron chi connectivity index (χ3n) is 5.51. The summed E-state index contributed by atoms with van der Waals surface area (Å²) in [5.74, 6) is 0.154. The van der Waals surface area contributed by atoms with Crippen LogP contribution in [0.2, 0.25) is 0 Å². The number of hydrogen-bond donors (Lipinski definition) is 1. The lowest BCUT2D eigenvalue weighted by Gasteiger charge is -2.32. The summed E-state index contributed by atoms with van der Waals surface area (Å²) in [6, 6.07) is 11.4. The molecule has 9 nitrogen and oxygen atoms in total. The lowest BCUT2D eigenvalue weighted by Crippen LogP contribution is -2.51. The van der Waals surface area contributed by atoms with Crippen molar-refractivity contribution in [1.29, 1.82) is 0 Å². The normalized spacial score (nSPS) is 11.9. The molecule has 0 spiro atoms. The minimum atomic E-state index is -3.85. The number of aryl methyl sites for hydroxylation is 1. The number of amides is 2. The van der Waals surface area contributed by atoms with Crippen molar-refractivity contribution in [2.75, 3.05) is 37.9 Å². The molecule has 2 aromatic carbocycles. The monoisotopic (exact) mass is 505 g/mol. The molecule has 1 atom stereocenters. The Labute approximate surface area is 208 Å². The molecule has 0 radical (unpaired) electrons. The van der Waals surface area contributed by atoms with Crippen molar-refractivity contribution in [1.82, 2.24) is 10.2 Å². The maximum atomic E-state index is 13.6. The molecule has 0 aromatic heterocycles. The van der Waals surface area contributed by atoms with Gasteiger partial charge in [-0.15, -0.1) is 0 Å². The van der Waals surface area contributed by atoms with Crippen LogP contribution in [0.15, 0.2) is 42.5 Å². The third kappa shape index (κ3) is 7.61. The number of hydrogen-bond acceptors (Lipinski definition) is 6. The zero-order valence-corrected chi connectivity index (χ0v) is 22.0. The first kappa shape index (κ1) is 28.0. The van der Waals surface area contributed by atoms with E-state index in [0.29, 0.717) is 18.0 Å². The van der Waals surface area contributed by atoms with Gasteiger partial charge in [0, 0.05) is 13.1 Å². The fraction of sp³-hybridized carbons (Fsp3) is 0.440. The molecule has 35 heavy (non-hydrogen) atoms. The second-order valence-corrected chi connectivity index (χ2v) is 10.2. The smallest absolute Gasteiger partial charge is 0.244 e. The maximum absolute atomic E-state index is 13.6. The number of ether oxygens (including phenoxy) is 2. The van der Waals surface area contributed by atoms with E-state index in [4.69, 9.17) is 9.47 Å². The van der Waals surface area contributed by atoms with Crippen LogP contribution >= 0.6 is 0 Å². The highest BCUT2D eigenvalue weighted by molar-refractivity contribution is 7.92. The van der Waals surface area contributed by atoms with E-state index < -0.39 is 28.5 Å². The van der Waals surface area contributed by atoms with Crippen LogP contribution in [0.25, 0.3) is 0 Å². The molecule has 2 rings (SSSR count). The van der Waals surface area contributed by atoms with Crippen LogP contribution in [-0.2, 0) is 26.2 Å². The van der Waals surface area contributed by atoms with Crippen LogP contribution in [0, 0.1) is 6.92 Å². The Morgan fingerprint density at radius 2 is 1.71 bits per heavy atom. The Morgan fingerprint density at radius 1 is 1.06 bits per heavy atom. The molecule has 0 aliphatic carbocycles. The van der Waals surface area contributed by atoms with Gasteiger partial charge >= 0.3 is 0 Å². The van der Waals surface area contributed by atoms with Crippen molar-refractivity contribution >= 4 is 27.5 Å². The molecule has 10 heteroatoms. The highest BCUT2D eigenvalue weighted by Gasteiger charge is 2.31. The molecule has 0 aliphatic rings. The fourth-order valence-electron chi connectivity index (χ4n) is 3.50. The molecular formula is C25H35N3O6S. The van der Waals surface area contributed by atoms with E-state index in [1.54, 1.807) is 56.5 Å². The summed E-state index contributed by atoms with van der Waals surface area (Å²) in [4.78, 5) is 27.7. The molecule has 0 aliphatic heterocycles. The standard InChI is InChI=1S/C25H35N3O6S/c1-7-14-26-25(30)19(3)27(16-20-9-11-21(33-4)12-10-20)24(29)17-28(35(6,31)32)22-15-18(2)8-13-23(22)34-5/h8-13,15,19H,7,14,16-17H2,1-6H3,(H,26,30)/t19-/m1/s1. The number of rotatable bonds is 12. The summed E-state index contributed by atoms with van der Waals surface area (Å²) in [5, 5.41) is 2.81. The number of benzene rings is 2. The number of carbonyl (C=O) groups is 2. The summed E-state index contributed by atoms with van der Waals surface area (Å²) >= 11 is 0. The lowest BCUT2D eigenvalue weighted by molar-refractivity contribution is -0.139. The second kappa shape index (κ2) is 12.4. The highest BCUT2D eigenvalue weighted by atomic mass is 32.2. The summed E-state index contributed by atoms with van der Waals surface area (Å²) in [7, 11) is -0.852. The minimum Gasteiger partial charge on any atom is -0.497 e. The van der Waals surface area contributed by atoms with Crippen molar-refractivity contribution in [3.63, 3.8) is 0 Å². The van der Waals surface area contributed by atoms with E-state index in [1.807, 2.05) is 13.8 Å². The van der Waals surface area contributed by atoms with Gasteiger partial charge in [0.15, 0.2) is 0 Å². The molecule has 2 amide bonds. The molecule has 0 unspecified atom stereocenters. The first-order valence-electron chi connectivity index (χ1n) is 11.3. The summed E-state index contributed by atoms with van der Waals surface area (Å²) in [6.07, 6.45) is 1.78. The van der Waals surface area contributed by atoms with E-state index in [-0.39, 0.29) is 18.1 Å². The molecule has 0 saturated carbocycles. The summed E-state index contributed by atoms with van der Waals surface area (Å²) < 4.78 is 37.1. The third-order valence-corrected chi connectivity index (χ3v) is 6.64. The Bertz CT molecular complexity index is 1120. The Hall–Kier alpha value is -3.27. The molecule has 1 N–H and O–H groups in total. The molecule has 0 fully saturated rings. The second-order valence-electron chi connectivity index (χ2n) is 8.28. The quantitative estimate of drug-likeness (QED) is 0.476. The van der Waals surface area contributed by atoms with Crippen molar-refractivity contribution in [2.45, 2.75) is 39.8 Å². The summed E-state index contributed by atoms with van der Waals surface area (Å²) in [5.41, 5.74) is 1.84. The zero-order chi connectivity index (χ0) is 26.2. The van der Waals surface area contributed by atoms with Crippen LogP contribution in [0.1, 0.15) is 31.4 Å². The molecule has 0 heterocycles. The number of sulfonamides is 1. The molecule has 192 valence electrons. The number of methoxy groups -OCH3 is 2. The SMILES string of the molecule is CCCNC(=O)[C@@H](C)N(Cc1ccc(OC)cc1)C(=O)CN(c1cc(C)ccc1OC)S(C)(=O)=O. The lowest BCUT2D eigenvalue weighted by atomic mass is 10.1. The van der Waals surface area contributed by atoms with E-state index >= 15 is 0 Å².